The van der Waals surface area contributed by atoms with E-state index in [9.17, 15) is 28.1 Å². The van der Waals surface area contributed by atoms with Gasteiger partial charge in [-0.2, -0.15) is 8.42 Å². The summed E-state index contributed by atoms with van der Waals surface area (Å²) in [4.78, 5) is 33.2. The number of hydrogen-bond acceptors (Lipinski definition) is 9. The van der Waals surface area contributed by atoms with Crippen molar-refractivity contribution >= 4 is 27.7 Å². The fraction of sp³-hybridized carbons (Fsp3) is 0.286. The molecule has 0 spiro atoms. The second kappa shape index (κ2) is 6.16. The van der Waals surface area contributed by atoms with Crippen LogP contribution >= 0.6 is 0 Å². The average molecular weight is 371 g/mol. The zero-order valence-corrected chi connectivity index (χ0v) is 14.2. The van der Waals surface area contributed by atoms with Crippen molar-refractivity contribution in [1.29, 1.82) is 0 Å². The molecule has 0 N–H and O–H groups in total. The first-order valence-corrected chi connectivity index (χ1v) is 8.16. The number of cyclic esters (lactones) is 1. The Morgan fingerprint density at radius 3 is 2.32 bits per heavy atom. The molecule has 1 aromatic carbocycles. The molecule has 2 rings (SSSR count). The van der Waals surface area contributed by atoms with E-state index in [1.54, 1.807) is 0 Å². The van der Waals surface area contributed by atoms with Crippen LogP contribution in [0.2, 0.25) is 0 Å². The zero-order chi connectivity index (χ0) is 19.0. The summed E-state index contributed by atoms with van der Waals surface area (Å²) in [7, 11) is -3.44. The van der Waals surface area contributed by atoms with Gasteiger partial charge in [0.2, 0.25) is 0 Å². The first-order valence-electron chi connectivity index (χ1n) is 6.75. The van der Waals surface area contributed by atoms with Gasteiger partial charge in [0, 0.05) is 12.1 Å². The van der Waals surface area contributed by atoms with Crippen molar-refractivity contribution in [3.05, 3.63) is 45.7 Å². The van der Waals surface area contributed by atoms with Crippen LogP contribution in [-0.2, 0) is 33.4 Å². The lowest BCUT2D eigenvalue weighted by Gasteiger charge is -2.22. The van der Waals surface area contributed by atoms with Crippen LogP contribution in [-0.4, -0.2) is 38.0 Å². The summed E-state index contributed by atoms with van der Waals surface area (Å²) in [6, 6.07) is 3.90. The standard InChI is InChI=1S/C14H13NO9S/c1-8-11(14(2,13(17)22-3)23-12(8)16)24-25(20,21)10-6-4-9(5-7-10)15(18)19/h4-7H,1-3H3. The van der Waals surface area contributed by atoms with E-state index in [-0.39, 0.29) is 11.3 Å². The lowest BCUT2D eigenvalue weighted by atomic mass is 10.0. The number of carbonyl (C=O) groups excluding carboxylic acids is 2. The molecule has 0 fully saturated rings. The molecule has 0 bridgehead atoms. The smallest absolute Gasteiger partial charge is 0.358 e. The lowest BCUT2D eigenvalue weighted by molar-refractivity contribution is -0.384. The Hall–Kier alpha value is -2.95. The Morgan fingerprint density at radius 1 is 1.28 bits per heavy atom. The maximum atomic E-state index is 12.4. The van der Waals surface area contributed by atoms with Gasteiger partial charge in [-0.3, -0.25) is 10.1 Å². The number of esters is 2. The molecule has 11 heteroatoms. The van der Waals surface area contributed by atoms with Gasteiger partial charge in [0.1, 0.15) is 4.90 Å². The zero-order valence-electron chi connectivity index (χ0n) is 13.3. The molecule has 10 nitrogen and oxygen atoms in total. The summed E-state index contributed by atoms with van der Waals surface area (Å²) in [5.74, 6) is -2.48. The predicted octanol–water partition coefficient (Wildman–Crippen LogP) is 1.06. The Morgan fingerprint density at radius 2 is 1.84 bits per heavy atom. The molecule has 0 aromatic heterocycles. The van der Waals surface area contributed by atoms with E-state index in [1.807, 2.05) is 0 Å². The van der Waals surface area contributed by atoms with Crippen molar-refractivity contribution in [3.63, 3.8) is 0 Å². The molecule has 0 saturated carbocycles. The quantitative estimate of drug-likeness (QED) is 0.322. The molecule has 1 atom stereocenters. The molecule has 1 aliphatic heterocycles. The van der Waals surface area contributed by atoms with Crippen LogP contribution in [0.4, 0.5) is 5.69 Å². The number of benzene rings is 1. The van der Waals surface area contributed by atoms with Crippen molar-refractivity contribution in [2.24, 2.45) is 0 Å². The average Bonchev–Trinajstić information content (AvgIpc) is 2.78. The molecular weight excluding hydrogens is 358 g/mol. The maximum Gasteiger partial charge on any atom is 0.358 e. The molecule has 134 valence electrons. The summed E-state index contributed by atoms with van der Waals surface area (Å²) in [6.07, 6.45) is 0. The van der Waals surface area contributed by atoms with Gasteiger partial charge in [-0.05, 0) is 26.0 Å². The minimum absolute atomic E-state index is 0.210. The fourth-order valence-electron chi connectivity index (χ4n) is 2.12. The SMILES string of the molecule is COC(=O)C1(C)OC(=O)C(C)=C1OS(=O)(=O)c1ccc([N+](=O)[O-])cc1. The van der Waals surface area contributed by atoms with Gasteiger partial charge >= 0.3 is 22.1 Å². The number of methoxy groups -OCH3 is 1. The van der Waals surface area contributed by atoms with Crippen LogP contribution in [0, 0.1) is 10.1 Å². The molecule has 0 radical (unpaired) electrons. The third-order valence-electron chi connectivity index (χ3n) is 3.48. The molecular formula is C14H13NO9S. The number of rotatable bonds is 5. The number of nitro groups is 1. The van der Waals surface area contributed by atoms with Gasteiger partial charge in [0.15, 0.2) is 5.76 Å². The minimum Gasteiger partial charge on any atom is -0.466 e. The second-order valence-electron chi connectivity index (χ2n) is 5.16. The van der Waals surface area contributed by atoms with Gasteiger partial charge in [-0.1, -0.05) is 0 Å². The van der Waals surface area contributed by atoms with Crippen molar-refractivity contribution in [1.82, 2.24) is 0 Å². The van der Waals surface area contributed by atoms with Gasteiger partial charge < -0.3 is 13.7 Å². The van der Waals surface area contributed by atoms with Crippen LogP contribution in [0.25, 0.3) is 0 Å². The highest BCUT2D eigenvalue weighted by Crippen LogP contribution is 2.36. The Balaban J connectivity index is 2.43. The first-order chi connectivity index (χ1) is 11.5. The van der Waals surface area contributed by atoms with Crippen LogP contribution in [0.3, 0.4) is 0 Å². The topological polar surface area (TPSA) is 139 Å². The molecule has 25 heavy (non-hydrogen) atoms. The third kappa shape index (κ3) is 3.18. The number of ether oxygens (including phenoxy) is 2. The van der Waals surface area contributed by atoms with E-state index in [1.165, 1.54) is 6.92 Å². The van der Waals surface area contributed by atoms with E-state index in [0.717, 1.165) is 38.3 Å². The molecule has 1 unspecified atom stereocenters. The highest BCUT2D eigenvalue weighted by atomic mass is 32.2. The van der Waals surface area contributed by atoms with Crippen LogP contribution < -0.4 is 0 Å². The van der Waals surface area contributed by atoms with Gasteiger partial charge in [0.05, 0.1) is 17.6 Å². The highest BCUT2D eigenvalue weighted by molar-refractivity contribution is 7.86. The van der Waals surface area contributed by atoms with Gasteiger partial charge in [-0.15, -0.1) is 0 Å². The maximum absolute atomic E-state index is 12.4. The minimum atomic E-state index is -4.48. The fourth-order valence-corrected chi connectivity index (χ4v) is 3.19. The van der Waals surface area contributed by atoms with Gasteiger partial charge in [0.25, 0.3) is 11.3 Å². The Kier molecular flexibility index (Phi) is 4.53. The number of non-ortho nitro benzene ring substituents is 1. The highest BCUT2D eigenvalue weighted by Gasteiger charge is 2.53. The normalized spacial score (nSPS) is 20.2. The van der Waals surface area contributed by atoms with Gasteiger partial charge in [-0.25, -0.2) is 9.59 Å². The molecule has 0 amide bonds. The largest absolute Gasteiger partial charge is 0.466 e. The molecule has 1 aliphatic rings. The summed E-state index contributed by atoms with van der Waals surface area (Å²) in [5, 5.41) is 10.6. The predicted molar refractivity (Wildman–Crippen MR) is 80.6 cm³/mol. The summed E-state index contributed by atoms with van der Waals surface area (Å²) < 4.78 is 39.1. The molecule has 1 heterocycles. The Labute approximate surface area is 142 Å². The second-order valence-corrected chi connectivity index (χ2v) is 6.70. The number of hydrogen-bond donors (Lipinski definition) is 0. The Bertz CT molecular complexity index is 885. The van der Waals surface area contributed by atoms with Crippen molar-refractivity contribution in [2.75, 3.05) is 7.11 Å². The van der Waals surface area contributed by atoms with E-state index in [4.69, 9.17) is 8.92 Å². The summed E-state index contributed by atoms with van der Waals surface area (Å²) in [5.41, 5.74) is -2.57. The summed E-state index contributed by atoms with van der Waals surface area (Å²) >= 11 is 0. The van der Waals surface area contributed by atoms with Crippen molar-refractivity contribution in [2.45, 2.75) is 24.3 Å². The number of carbonyl (C=O) groups is 2. The molecule has 0 aliphatic carbocycles. The van der Waals surface area contributed by atoms with Crippen LogP contribution in [0.5, 0.6) is 0 Å². The molecule has 1 aromatic rings. The van der Waals surface area contributed by atoms with E-state index < -0.39 is 43.2 Å². The molecule has 0 saturated heterocycles. The van der Waals surface area contributed by atoms with Crippen LogP contribution in [0.15, 0.2) is 40.5 Å². The first kappa shape index (κ1) is 18.4. The monoisotopic (exact) mass is 371 g/mol. The lowest BCUT2D eigenvalue weighted by Crippen LogP contribution is -2.40. The third-order valence-corrected chi connectivity index (χ3v) is 4.72. The van der Waals surface area contributed by atoms with Crippen molar-refractivity contribution < 1.29 is 36.6 Å². The number of nitrogens with zero attached hydrogens (tertiary/aromatic N) is 1. The van der Waals surface area contributed by atoms with E-state index >= 15 is 0 Å². The van der Waals surface area contributed by atoms with E-state index in [0.29, 0.717) is 0 Å². The number of nitro benzene ring substituents is 1. The summed E-state index contributed by atoms with van der Waals surface area (Å²) in [6.45, 7) is 2.37. The van der Waals surface area contributed by atoms with Crippen molar-refractivity contribution in [3.8, 4) is 0 Å². The van der Waals surface area contributed by atoms with Crippen LogP contribution in [0.1, 0.15) is 13.8 Å². The van der Waals surface area contributed by atoms with E-state index in [2.05, 4.69) is 4.74 Å².